The van der Waals surface area contributed by atoms with E-state index in [2.05, 4.69) is 27.5 Å². The summed E-state index contributed by atoms with van der Waals surface area (Å²) >= 11 is 0. The Balaban J connectivity index is 2.08. The third-order valence-electron chi connectivity index (χ3n) is 4.33. The summed E-state index contributed by atoms with van der Waals surface area (Å²) in [6, 6.07) is 13.4. The zero-order chi connectivity index (χ0) is 22.8. The lowest BCUT2D eigenvalue weighted by atomic mass is 10.1. The molecule has 0 bridgehead atoms. The summed E-state index contributed by atoms with van der Waals surface area (Å²) in [5.74, 6) is 5.25. The van der Waals surface area contributed by atoms with Gasteiger partial charge in [-0.1, -0.05) is 24.0 Å². The predicted octanol–water partition coefficient (Wildman–Crippen LogP) is 1.31. The summed E-state index contributed by atoms with van der Waals surface area (Å²) in [5.41, 5.74) is 5.14. The van der Waals surface area contributed by atoms with Crippen molar-refractivity contribution in [2.24, 2.45) is 4.99 Å². The summed E-state index contributed by atoms with van der Waals surface area (Å²) in [5, 5.41) is 24.0. The molecule has 2 amide bonds. The average Bonchev–Trinajstić information content (AvgIpc) is 2.76. The first-order valence-corrected chi connectivity index (χ1v) is 9.67. The first-order chi connectivity index (χ1) is 14.8. The third kappa shape index (κ3) is 7.35. The summed E-state index contributed by atoms with van der Waals surface area (Å²) in [6.07, 6.45) is -1.05. The van der Waals surface area contributed by atoms with Crippen molar-refractivity contribution in [1.82, 2.24) is 10.8 Å². The lowest BCUT2D eigenvalue weighted by Crippen LogP contribution is -2.38. The van der Waals surface area contributed by atoms with Gasteiger partial charge in [-0.2, -0.15) is 0 Å². The Hall–Kier alpha value is -3.51. The number of aliphatic hydroxyl groups is 1. The molecule has 5 N–H and O–H groups in total. The SMILES string of the molecule is CNCC(=O)Nc1ccc(C#Cc2ccc(C(C)=N[C@H](C(=O)NO)[C@@H](C)O)cc2)cc1. The van der Waals surface area contributed by atoms with E-state index < -0.39 is 18.1 Å². The molecule has 162 valence electrons. The minimum Gasteiger partial charge on any atom is -0.391 e. The number of likely N-dealkylation sites (N-methyl/N-ethyl adjacent to an activating group) is 1. The van der Waals surface area contributed by atoms with Crippen molar-refractivity contribution < 1.29 is 19.9 Å². The quantitative estimate of drug-likeness (QED) is 0.199. The molecule has 0 radical (unpaired) electrons. The van der Waals surface area contributed by atoms with Gasteiger partial charge in [-0.05, 0) is 62.9 Å². The molecule has 0 saturated carbocycles. The van der Waals surface area contributed by atoms with Crippen LogP contribution in [0.3, 0.4) is 0 Å². The summed E-state index contributed by atoms with van der Waals surface area (Å²) in [6.45, 7) is 3.39. The molecule has 0 aliphatic carbocycles. The number of carbonyl (C=O) groups is 2. The molecule has 0 saturated heterocycles. The average molecular weight is 422 g/mol. The van der Waals surface area contributed by atoms with Gasteiger partial charge in [0.15, 0.2) is 6.04 Å². The van der Waals surface area contributed by atoms with Crippen molar-refractivity contribution in [2.75, 3.05) is 18.9 Å². The molecule has 0 spiro atoms. The first-order valence-electron chi connectivity index (χ1n) is 9.67. The molecule has 8 heteroatoms. The van der Waals surface area contributed by atoms with Crippen molar-refractivity contribution >= 4 is 23.2 Å². The fraction of sp³-hybridized carbons (Fsp3) is 0.261. The van der Waals surface area contributed by atoms with E-state index in [1.54, 1.807) is 26.1 Å². The van der Waals surface area contributed by atoms with Gasteiger partial charge in [0.2, 0.25) is 5.91 Å². The molecule has 0 aromatic heterocycles. The Morgan fingerprint density at radius 3 is 2.06 bits per heavy atom. The largest absolute Gasteiger partial charge is 0.391 e. The van der Waals surface area contributed by atoms with Gasteiger partial charge in [-0.15, -0.1) is 0 Å². The molecule has 8 nitrogen and oxygen atoms in total. The summed E-state index contributed by atoms with van der Waals surface area (Å²) in [7, 11) is 1.71. The molecule has 2 atom stereocenters. The maximum atomic E-state index is 11.6. The van der Waals surface area contributed by atoms with Crippen LogP contribution < -0.4 is 16.1 Å². The molecule has 2 rings (SSSR count). The molecule has 31 heavy (non-hydrogen) atoms. The highest BCUT2D eigenvalue weighted by atomic mass is 16.5. The normalized spacial score (nSPS) is 12.9. The van der Waals surface area contributed by atoms with Gasteiger partial charge in [0.1, 0.15) is 0 Å². The van der Waals surface area contributed by atoms with Crippen LogP contribution in [0.4, 0.5) is 5.69 Å². The van der Waals surface area contributed by atoms with Crippen molar-refractivity contribution in [2.45, 2.75) is 26.0 Å². The zero-order valence-corrected chi connectivity index (χ0v) is 17.6. The van der Waals surface area contributed by atoms with Gasteiger partial charge >= 0.3 is 0 Å². The van der Waals surface area contributed by atoms with Gasteiger partial charge in [-0.25, -0.2) is 5.48 Å². The number of amides is 2. The molecular weight excluding hydrogens is 396 g/mol. The Morgan fingerprint density at radius 2 is 1.58 bits per heavy atom. The van der Waals surface area contributed by atoms with Crippen LogP contribution in [-0.2, 0) is 9.59 Å². The van der Waals surface area contributed by atoms with Crippen LogP contribution >= 0.6 is 0 Å². The third-order valence-corrected chi connectivity index (χ3v) is 4.33. The van der Waals surface area contributed by atoms with E-state index in [1.807, 2.05) is 36.4 Å². The Kier molecular flexibility index (Phi) is 8.91. The van der Waals surface area contributed by atoms with E-state index in [1.165, 1.54) is 12.4 Å². The lowest BCUT2D eigenvalue weighted by Gasteiger charge is -2.14. The van der Waals surface area contributed by atoms with Crippen LogP contribution in [0.1, 0.15) is 30.5 Å². The molecule has 0 fully saturated rings. The maximum Gasteiger partial charge on any atom is 0.270 e. The fourth-order valence-electron chi connectivity index (χ4n) is 2.68. The number of rotatable bonds is 7. The number of nitrogens with one attached hydrogen (secondary N) is 3. The first kappa shape index (κ1) is 23.8. The van der Waals surface area contributed by atoms with Crippen molar-refractivity contribution in [3.63, 3.8) is 0 Å². The number of carbonyl (C=O) groups excluding carboxylic acids is 2. The number of benzene rings is 2. The van der Waals surface area contributed by atoms with E-state index >= 15 is 0 Å². The second-order valence-corrected chi connectivity index (χ2v) is 6.86. The summed E-state index contributed by atoms with van der Waals surface area (Å²) < 4.78 is 0. The molecule has 0 aliphatic heterocycles. The number of aliphatic imine (C=N–C) groups is 1. The number of hydrogen-bond donors (Lipinski definition) is 5. The van der Waals surface area contributed by atoms with E-state index in [4.69, 9.17) is 5.21 Å². The Bertz CT molecular complexity index is 987. The van der Waals surface area contributed by atoms with Crippen molar-refractivity contribution in [1.29, 1.82) is 0 Å². The zero-order valence-electron chi connectivity index (χ0n) is 17.6. The number of anilines is 1. The van der Waals surface area contributed by atoms with Gasteiger partial charge in [-0.3, -0.25) is 19.8 Å². The number of nitrogens with zero attached hydrogens (tertiary/aromatic N) is 1. The van der Waals surface area contributed by atoms with Crippen LogP contribution in [0.2, 0.25) is 0 Å². The minimum absolute atomic E-state index is 0.114. The van der Waals surface area contributed by atoms with E-state index in [0.29, 0.717) is 11.4 Å². The molecule has 0 heterocycles. The van der Waals surface area contributed by atoms with E-state index in [-0.39, 0.29) is 12.5 Å². The number of hydroxylamine groups is 1. The highest BCUT2D eigenvalue weighted by Crippen LogP contribution is 2.10. The van der Waals surface area contributed by atoms with Crippen LogP contribution in [0.15, 0.2) is 53.5 Å². The molecule has 0 unspecified atom stereocenters. The molecule has 2 aromatic carbocycles. The monoisotopic (exact) mass is 422 g/mol. The Morgan fingerprint density at radius 1 is 1.03 bits per heavy atom. The van der Waals surface area contributed by atoms with Gasteiger partial charge in [0.05, 0.1) is 12.6 Å². The van der Waals surface area contributed by atoms with Gasteiger partial charge < -0.3 is 15.7 Å². The molecular formula is C23H26N4O4. The van der Waals surface area contributed by atoms with Gasteiger partial charge in [0, 0.05) is 22.5 Å². The molecule has 0 aliphatic rings. The fourth-order valence-corrected chi connectivity index (χ4v) is 2.68. The van der Waals surface area contributed by atoms with Gasteiger partial charge in [0.25, 0.3) is 5.91 Å². The van der Waals surface area contributed by atoms with Crippen LogP contribution in [-0.4, -0.2) is 53.6 Å². The summed E-state index contributed by atoms with van der Waals surface area (Å²) in [4.78, 5) is 27.4. The highest BCUT2D eigenvalue weighted by Gasteiger charge is 2.22. The predicted molar refractivity (Wildman–Crippen MR) is 119 cm³/mol. The van der Waals surface area contributed by atoms with E-state index in [0.717, 1.165) is 16.7 Å². The maximum absolute atomic E-state index is 11.6. The Labute approximate surface area is 181 Å². The van der Waals surface area contributed by atoms with Crippen molar-refractivity contribution in [3.05, 3.63) is 65.2 Å². The van der Waals surface area contributed by atoms with Crippen LogP contribution in [0, 0.1) is 11.8 Å². The lowest BCUT2D eigenvalue weighted by molar-refractivity contribution is -0.132. The van der Waals surface area contributed by atoms with Crippen molar-refractivity contribution in [3.8, 4) is 11.8 Å². The second kappa shape index (κ2) is 11.6. The topological polar surface area (TPSA) is 123 Å². The number of hydrogen-bond acceptors (Lipinski definition) is 6. The van der Waals surface area contributed by atoms with E-state index in [9.17, 15) is 14.7 Å². The smallest absolute Gasteiger partial charge is 0.270 e. The standard InChI is InChI=1S/C23H26N4O4/c1-15(25-22(16(2)28)23(30)27-31)19-10-6-17(7-11-19)4-5-18-8-12-20(13-9-18)26-21(29)14-24-3/h6-13,16,22,24,28,31H,14H2,1-3H3,(H,26,29)(H,27,30)/t16-,22+/m1/s1. The minimum atomic E-state index is -1.10. The number of aliphatic hydroxyl groups excluding tert-OH is 1. The molecule has 2 aromatic rings. The highest BCUT2D eigenvalue weighted by molar-refractivity contribution is 6.00. The van der Waals surface area contributed by atoms with Crippen LogP contribution in [0.5, 0.6) is 0 Å². The van der Waals surface area contributed by atoms with Crippen LogP contribution in [0.25, 0.3) is 0 Å². The second-order valence-electron chi connectivity index (χ2n) is 6.86.